The predicted molar refractivity (Wildman–Crippen MR) is 64.5 cm³/mol. The van der Waals surface area contributed by atoms with Crippen LogP contribution in [0.4, 0.5) is 0 Å². The summed E-state index contributed by atoms with van der Waals surface area (Å²) in [6, 6.07) is 5.69. The monoisotopic (exact) mass is 244 g/mol. The first-order valence-electron chi connectivity index (χ1n) is 5.16. The smallest absolute Gasteiger partial charge is 0.161 e. The summed E-state index contributed by atoms with van der Waals surface area (Å²) in [5, 5.41) is 0. The molecule has 1 aromatic rings. The molecule has 0 saturated carbocycles. The van der Waals surface area contributed by atoms with E-state index in [1.807, 2.05) is 18.2 Å². The lowest BCUT2D eigenvalue weighted by Gasteiger charge is -2.11. The van der Waals surface area contributed by atoms with Gasteiger partial charge in [-0.2, -0.15) is 0 Å². The van der Waals surface area contributed by atoms with Crippen LogP contribution in [0.1, 0.15) is 12.0 Å². The van der Waals surface area contributed by atoms with Crippen molar-refractivity contribution in [3.63, 3.8) is 0 Å². The molecule has 0 radical (unpaired) electrons. The van der Waals surface area contributed by atoms with E-state index in [1.165, 1.54) is 0 Å². The minimum atomic E-state index is 0.471. The molecule has 0 amide bonds. The lowest BCUT2D eigenvalue weighted by atomic mass is 10.2. The van der Waals surface area contributed by atoms with Gasteiger partial charge in [0, 0.05) is 26.0 Å². The van der Waals surface area contributed by atoms with Crippen LogP contribution in [0.15, 0.2) is 18.2 Å². The third-order valence-corrected chi connectivity index (χ3v) is 2.44. The topological polar surface area (TPSA) is 27.7 Å². The minimum absolute atomic E-state index is 0.471. The fraction of sp³-hybridized carbons (Fsp3) is 0.500. The molecule has 4 heteroatoms. The fourth-order valence-electron chi connectivity index (χ4n) is 1.30. The number of hydrogen-bond donors (Lipinski definition) is 0. The van der Waals surface area contributed by atoms with Crippen LogP contribution in [0, 0.1) is 0 Å². The maximum atomic E-state index is 5.76. The molecule has 0 aliphatic heterocycles. The van der Waals surface area contributed by atoms with Crippen molar-refractivity contribution in [3.8, 4) is 11.5 Å². The van der Waals surface area contributed by atoms with Gasteiger partial charge in [0.15, 0.2) is 11.5 Å². The SMILES string of the molecule is COCCCOc1cc(CCl)ccc1OC. The van der Waals surface area contributed by atoms with Crippen molar-refractivity contribution in [2.24, 2.45) is 0 Å². The Kier molecular flexibility index (Phi) is 6.04. The summed E-state index contributed by atoms with van der Waals surface area (Å²) in [5.74, 6) is 1.93. The third-order valence-electron chi connectivity index (χ3n) is 2.13. The van der Waals surface area contributed by atoms with Crippen molar-refractivity contribution in [1.82, 2.24) is 0 Å². The molecule has 0 atom stereocenters. The van der Waals surface area contributed by atoms with Gasteiger partial charge in [0.2, 0.25) is 0 Å². The van der Waals surface area contributed by atoms with Crippen molar-refractivity contribution >= 4 is 11.6 Å². The van der Waals surface area contributed by atoms with Gasteiger partial charge in [-0.15, -0.1) is 11.6 Å². The van der Waals surface area contributed by atoms with Crippen molar-refractivity contribution < 1.29 is 14.2 Å². The van der Waals surface area contributed by atoms with Crippen LogP contribution < -0.4 is 9.47 Å². The molecule has 0 aliphatic carbocycles. The fourth-order valence-corrected chi connectivity index (χ4v) is 1.47. The summed E-state index contributed by atoms with van der Waals surface area (Å²) in [4.78, 5) is 0. The van der Waals surface area contributed by atoms with Gasteiger partial charge < -0.3 is 14.2 Å². The van der Waals surface area contributed by atoms with Crippen LogP contribution >= 0.6 is 11.6 Å². The molecular formula is C12H17ClO3. The lowest BCUT2D eigenvalue weighted by molar-refractivity contribution is 0.170. The number of rotatable bonds is 7. The second kappa shape index (κ2) is 7.36. The van der Waals surface area contributed by atoms with Crippen molar-refractivity contribution in [1.29, 1.82) is 0 Å². The van der Waals surface area contributed by atoms with Gasteiger partial charge >= 0.3 is 0 Å². The van der Waals surface area contributed by atoms with Gasteiger partial charge in [-0.3, -0.25) is 0 Å². The zero-order valence-corrected chi connectivity index (χ0v) is 10.4. The molecule has 0 fully saturated rings. The zero-order chi connectivity index (χ0) is 11.8. The van der Waals surface area contributed by atoms with Crippen molar-refractivity contribution in [3.05, 3.63) is 23.8 Å². The van der Waals surface area contributed by atoms with E-state index >= 15 is 0 Å². The Balaban J connectivity index is 2.60. The number of halogens is 1. The Morgan fingerprint density at radius 2 is 1.94 bits per heavy atom. The average Bonchev–Trinajstić information content (AvgIpc) is 2.34. The molecule has 1 rings (SSSR count). The predicted octanol–water partition coefficient (Wildman–Crippen LogP) is 2.85. The molecular weight excluding hydrogens is 228 g/mol. The Labute approximate surface area is 101 Å². The number of alkyl halides is 1. The molecule has 0 N–H and O–H groups in total. The molecule has 90 valence electrons. The summed E-state index contributed by atoms with van der Waals surface area (Å²) in [6.07, 6.45) is 0.852. The van der Waals surface area contributed by atoms with Gasteiger partial charge in [-0.25, -0.2) is 0 Å². The highest BCUT2D eigenvalue weighted by Gasteiger charge is 2.05. The van der Waals surface area contributed by atoms with Gasteiger partial charge in [0.1, 0.15) is 0 Å². The molecule has 0 aliphatic rings. The van der Waals surface area contributed by atoms with Gasteiger partial charge in [-0.05, 0) is 17.7 Å². The van der Waals surface area contributed by atoms with E-state index in [9.17, 15) is 0 Å². The summed E-state index contributed by atoms with van der Waals surface area (Å²) < 4.78 is 15.8. The first kappa shape index (κ1) is 13.1. The van der Waals surface area contributed by atoms with E-state index in [2.05, 4.69) is 0 Å². The highest BCUT2D eigenvalue weighted by Crippen LogP contribution is 2.28. The highest BCUT2D eigenvalue weighted by atomic mass is 35.5. The minimum Gasteiger partial charge on any atom is -0.493 e. The zero-order valence-electron chi connectivity index (χ0n) is 9.66. The third kappa shape index (κ3) is 3.91. The molecule has 0 spiro atoms. The summed E-state index contributed by atoms with van der Waals surface area (Å²) in [5.41, 5.74) is 1.02. The molecule has 3 nitrogen and oxygen atoms in total. The van der Waals surface area contributed by atoms with Crippen LogP contribution in [0.3, 0.4) is 0 Å². The lowest BCUT2D eigenvalue weighted by Crippen LogP contribution is -2.02. The van der Waals surface area contributed by atoms with E-state index < -0.39 is 0 Å². The molecule has 0 saturated heterocycles. The van der Waals surface area contributed by atoms with Gasteiger partial charge in [0.05, 0.1) is 13.7 Å². The average molecular weight is 245 g/mol. The van der Waals surface area contributed by atoms with Crippen LogP contribution in [0.25, 0.3) is 0 Å². The standard InChI is InChI=1S/C12H17ClO3/c1-14-6-3-7-16-12-8-10(9-13)4-5-11(12)15-2/h4-5,8H,3,6-7,9H2,1-2H3. The summed E-state index contributed by atoms with van der Waals surface area (Å²) in [6.45, 7) is 1.30. The normalized spacial score (nSPS) is 10.2. The van der Waals surface area contributed by atoms with Crippen molar-refractivity contribution in [2.75, 3.05) is 27.4 Å². The number of ether oxygens (including phenoxy) is 3. The molecule has 1 aromatic carbocycles. The first-order valence-corrected chi connectivity index (χ1v) is 5.70. The number of methoxy groups -OCH3 is 2. The maximum Gasteiger partial charge on any atom is 0.161 e. The highest BCUT2D eigenvalue weighted by molar-refractivity contribution is 6.17. The molecule has 0 unspecified atom stereocenters. The first-order chi connectivity index (χ1) is 7.81. The van der Waals surface area contributed by atoms with E-state index in [1.54, 1.807) is 14.2 Å². The van der Waals surface area contributed by atoms with Crippen LogP contribution in [0.5, 0.6) is 11.5 Å². The second-order valence-corrected chi connectivity index (χ2v) is 3.58. The van der Waals surface area contributed by atoms with E-state index in [0.717, 1.165) is 23.5 Å². The number of benzene rings is 1. The summed E-state index contributed by atoms with van der Waals surface area (Å²) >= 11 is 5.76. The van der Waals surface area contributed by atoms with Crippen molar-refractivity contribution in [2.45, 2.75) is 12.3 Å². The Bertz CT molecular complexity index is 315. The summed E-state index contributed by atoms with van der Waals surface area (Å²) in [7, 11) is 3.30. The van der Waals surface area contributed by atoms with E-state index in [-0.39, 0.29) is 0 Å². The molecule has 0 heterocycles. The largest absolute Gasteiger partial charge is 0.493 e. The molecule has 0 aromatic heterocycles. The van der Waals surface area contributed by atoms with Gasteiger partial charge in [0.25, 0.3) is 0 Å². The second-order valence-electron chi connectivity index (χ2n) is 3.31. The van der Waals surface area contributed by atoms with E-state index in [0.29, 0.717) is 19.1 Å². The van der Waals surface area contributed by atoms with Gasteiger partial charge in [-0.1, -0.05) is 6.07 Å². The number of hydrogen-bond acceptors (Lipinski definition) is 3. The Morgan fingerprint density at radius 1 is 1.12 bits per heavy atom. The van der Waals surface area contributed by atoms with Crippen LogP contribution in [0.2, 0.25) is 0 Å². The Morgan fingerprint density at radius 3 is 2.56 bits per heavy atom. The van der Waals surface area contributed by atoms with E-state index in [4.69, 9.17) is 25.8 Å². The molecule has 16 heavy (non-hydrogen) atoms. The van der Waals surface area contributed by atoms with Crippen LogP contribution in [-0.2, 0) is 10.6 Å². The molecule has 0 bridgehead atoms. The Hall–Kier alpha value is -0.930. The quantitative estimate of drug-likeness (QED) is 0.545. The van der Waals surface area contributed by atoms with Crippen LogP contribution in [-0.4, -0.2) is 27.4 Å². The maximum absolute atomic E-state index is 5.76.